The molecule has 12 heavy (non-hydrogen) atoms. The van der Waals surface area contributed by atoms with Gasteiger partial charge in [0.25, 0.3) is 0 Å². The summed E-state index contributed by atoms with van der Waals surface area (Å²) in [5.74, 6) is 0.0896. The Balaban J connectivity index is 2.22. The van der Waals surface area contributed by atoms with E-state index in [2.05, 4.69) is 26.1 Å². The highest BCUT2D eigenvalue weighted by atomic mass is 79.9. The van der Waals surface area contributed by atoms with Crippen LogP contribution in [0.2, 0.25) is 0 Å². The van der Waals surface area contributed by atoms with Crippen LogP contribution in [0.4, 0.5) is 5.13 Å². The lowest BCUT2D eigenvalue weighted by Gasteiger charge is -2.09. The average Bonchev–Trinajstić information content (AvgIpc) is 2.64. The van der Waals surface area contributed by atoms with Crippen LogP contribution in [0.15, 0.2) is 5.51 Å². The van der Waals surface area contributed by atoms with Crippen molar-refractivity contribution >= 4 is 38.3 Å². The first kappa shape index (κ1) is 8.12. The highest BCUT2D eigenvalue weighted by Crippen LogP contribution is 2.25. The van der Waals surface area contributed by atoms with E-state index in [0.717, 1.165) is 13.0 Å². The van der Waals surface area contributed by atoms with E-state index in [0.29, 0.717) is 5.13 Å². The number of nitrogens with zero attached hydrogens (tertiary/aromatic N) is 3. The third-order valence-corrected chi connectivity index (χ3v) is 3.28. The van der Waals surface area contributed by atoms with E-state index in [-0.39, 0.29) is 10.7 Å². The number of alkyl halides is 1. The topological polar surface area (TPSA) is 46.1 Å². The van der Waals surface area contributed by atoms with Gasteiger partial charge in [-0.05, 0) is 6.42 Å². The van der Waals surface area contributed by atoms with Gasteiger partial charge in [-0.25, -0.2) is 0 Å². The number of carbonyl (C=O) groups excluding carboxylic acids is 1. The van der Waals surface area contributed by atoms with E-state index in [1.807, 2.05) is 0 Å². The Bertz CT molecular complexity index is 289. The van der Waals surface area contributed by atoms with Gasteiger partial charge in [0.2, 0.25) is 11.0 Å². The van der Waals surface area contributed by atoms with Crippen LogP contribution in [0.3, 0.4) is 0 Å². The molecule has 1 aliphatic heterocycles. The quantitative estimate of drug-likeness (QED) is 0.697. The number of hydrogen-bond donors (Lipinski definition) is 0. The first-order valence-electron chi connectivity index (χ1n) is 3.50. The van der Waals surface area contributed by atoms with Gasteiger partial charge in [-0.15, -0.1) is 10.2 Å². The van der Waals surface area contributed by atoms with Gasteiger partial charge in [0.15, 0.2) is 0 Å². The van der Waals surface area contributed by atoms with Crippen molar-refractivity contribution in [3.63, 3.8) is 0 Å². The summed E-state index contributed by atoms with van der Waals surface area (Å²) in [5.41, 5.74) is 1.63. The van der Waals surface area contributed by atoms with Crippen LogP contribution in [0.5, 0.6) is 0 Å². The molecule has 1 saturated heterocycles. The van der Waals surface area contributed by atoms with Crippen molar-refractivity contribution in [3.05, 3.63) is 5.51 Å². The van der Waals surface area contributed by atoms with Gasteiger partial charge in [0, 0.05) is 6.54 Å². The SMILES string of the molecule is O=C1[C@@H](Br)CCN1c1nncs1. The molecule has 0 unspecified atom stereocenters. The lowest BCUT2D eigenvalue weighted by atomic mass is 10.4. The van der Waals surface area contributed by atoms with Gasteiger partial charge in [-0.3, -0.25) is 9.69 Å². The van der Waals surface area contributed by atoms with Crippen LogP contribution in [-0.4, -0.2) is 27.5 Å². The first-order valence-corrected chi connectivity index (χ1v) is 5.30. The van der Waals surface area contributed by atoms with Gasteiger partial charge in [0.05, 0.1) is 4.83 Å². The Kier molecular flexibility index (Phi) is 2.10. The smallest absolute Gasteiger partial charge is 0.242 e. The Labute approximate surface area is 81.7 Å². The first-order chi connectivity index (χ1) is 5.79. The average molecular weight is 248 g/mol. The maximum Gasteiger partial charge on any atom is 0.242 e. The second-order valence-electron chi connectivity index (χ2n) is 2.47. The van der Waals surface area contributed by atoms with Crippen molar-refractivity contribution in [2.24, 2.45) is 0 Å². The fourth-order valence-corrected chi connectivity index (χ4v) is 2.16. The molecular weight excluding hydrogens is 242 g/mol. The molecule has 0 N–H and O–H groups in total. The lowest BCUT2D eigenvalue weighted by Crippen LogP contribution is -2.26. The molecule has 1 amide bonds. The second kappa shape index (κ2) is 3.10. The molecule has 1 aromatic rings. The molecule has 1 atom stereocenters. The molecule has 0 radical (unpaired) electrons. The van der Waals surface area contributed by atoms with Crippen molar-refractivity contribution in [3.8, 4) is 0 Å². The van der Waals surface area contributed by atoms with E-state index in [1.54, 1.807) is 10.4 Å². The summed E-state index contributed by atoms with van der Waals surface area (Å²) < 4.78 is 0. The summed E-state index contributed by atoms with van der Waals surface area (Å²) in [4.78, 5) is 13.0. The summed E-state index contributed by atoms with van der Waals surface area (Å²) in [7, 11) is 0. The number of aromatic nitrogens is 2. The normalized spacial score (nSPS) is 23.6. The Morgan fingerprint density at radius 1 is 1.75 bits per heavy atom. The van der Waals surface area contributed by atoms with Crippen molar-refractivity contribution < 1.29 is 4.79 Å². The standard InChI is InChI=1S/C6H6BrN3OS/c7-4-1-2-10(5(4)11)6-9-8-3-12-6/h3-4H,1-2H2/t4-/m0/s1. The summed E-state index contributed by atoms with van der Waals surface area (Å²) in [6, 6.07) is 0. The number of halogens is 1. The summed E-state index contributed by atoms with van der Waals surface area (Å²) in [6.45, 7) is 0.740. The summed E-state index contributed by atoms with van der Waals surface area (Å²) >= 11 is 4.68. The molecule has 0 bridgehead atoms. The molecule has 0 aromatic carbocycles. The second-order valence-corrected chi connectivity index (χ2v) is 4.38. The number of hydrogen-bond acceptors (Lipinski definition) is 4. The van der Waals surface area contributed by atoms with Crippen molar-refractivity contribution in [1.82, 2.24) is 10.2 Å². The Hall–Kier alpha value is -0.490. The van der Waals surface area contributed by atoms with Gasteiger partial charge in [-0.2, -0.15) is 0 Å². The van der Waals surface area contributed by atoms with E-state index < -0.39 is 0 Å². The largest absolute Gasteiger partial charge is 0.286 e. The highest BCUT2D eigenvalue weighted by Gasteiger charge is 2.31. The molecule has 2 heterocycles. The lowest BCUT2D eigenvalue weighted by molar-refractivity contribution is -0.116. The van der Waals surface area contributed by atoms with E-state index in [9.17, 15) is 4.79 Å². The molecule has 64 valence electrons. The monoisotopic (exact) mass is 247 g/mol. The molecule has 0 aliphatic carbocycles. The molecule has 1 aromatic heterocycles. The van der Waals surface area contributed by atoms with Gasteiger partial charge >= 0.3 is 0 Å². The van der Waals surface area contributed by atoms with E-state index >= 15 is 0 Å². The van der Waals surface area contributed by atoms with Gasteiger partial charge < -0.3 is 0 Å². The Morgan fingerprint density at radius 2 is 2.58 bits per heavy atom. The maximum atomic E-state index is 11.4. The zero-order valence-corrected chi connectivity index (χ0v) is 8.51. The minimum atomic E-state index is -0.0404. The fourth-order valence-electron chi connectivity index (χ4n) is 1.12. The molecular formula is C6H6BrN3OS. The molecule has 1 aliphatic rings. The number of carbonyl (C=O) groups is 1. The zero-order chi connectivity index (χ0) is 8.55. The molecule has 0 saturated carbocycles. The summed E-state index contributed by atoms with van der Waals surface area (Å²) in [6.07, 6.45) is 0.846. The van der Waals surface area contributed by atoms with E-state index in [4.69, 9.17) is 0 Å². The minimum Gasteiger partial charge on any atom is -0.286 e. The molecule has 1 fully saturated rings. The maximum absolute atomic E-state index is 11.4. The predicted octanol–water partition coefficient (Wildman–Crippen LogP) is 1.04. The molecule has 4 nitrogen and oxygen atoms in total. The molecule has 0 spiro atoms. The van der Waals surface area contributed by atoms with Gasteiger partial charge in [-0.1, -0.05) is 27.3 Å². The number of anilines is 1. The third kappa shape index (κ3) is 1.25. The predicted molar refractivity (Wildman–Crippen MR) is 49.6 cm³/mol. The van der Waals surface area contributed by atoms with Crippen LogP contribution in [-0.2, 0) is 4.79 Å². The van der Waals surface area contributed by atoms with Crippen LogP contribution in [0, 0.1) is 0 Å². The van der Waals surface area contributed by atoms with Crippen molar-refractivity contribution in [2.75, 3.05) is 11.4 Å². The third-order valence-electron chi connectivity index (χ3n) is 1.72. The van der Waals surface area contributed by atoms with E-state index in [1.165, 1.54) is 11.3 Å². The Morgan fingerprint density at radius 3 is 3.08 bits per heavy atom. The van der Waals surface area contributed by atoms with Crippen molar-refractivity contribution in [2.45, 2.75) is 11.2 Å². The summed E-state index contributed by atoms with van der Waals surface area (Å²) in [5, 5.41) is 8.22. The highest BCUT2D eigenvalue weighted by molar-refractivity contribution is 9.10. The number of amides is 1. The van der Waals surface area contributed by atoms with Crippen LogP contribution in [0.1, 0.15) is 6.42 Å². The van der Waals surface area contributed by atoms with Crippen LogP contribution >= 0.6 is 27.3 Å². The van der Waals surface area contributed by atoms with Crippen LogP contribution in [0.25, 0.3) is 0 Å². The van der Waals surface area contributed by atoms with Crippen LogP contribution < -0.4 is 4.90 Å². The molecule has 2 rings (SSSR count). The minimum absolute atomic E-state index is 0.0404. The van der Waals surface area contributed by atoms with Gasteiger partial charge in [0.1, 0.15) is 5.51 Å². The fraction of sp³-hybridized carbons (Fsp3) is 0.500. The zero-order valence-electron chi connectivity index (χ0n) is 6.11. The van der Waals surface area contributed by atoms with Crippen molar-refractivity contribution in [1.29, 1.82) is 0 Å². The molecule has 6 heteroatoms. The number of rotatable bonds is 1.